The van der Waals surface area contributed by atoms with Crippen molar-refractivity contribution in [3.8, 4) is 0 Å². The van der Waals surface area contributed by atoms with Crippen LogP contribution in [0.4, 0.5) is 0 Å². The Morgan fingerprint density at radius 1 is 1.16 bits per heavy atom. The van der Waals surface area contributed by atoms with E-state index in [0.717, 1.165) is 6.26 Å². The maximum atomic E-state index is 10.8. The fourth-order valence-corrected chi connectivity index (χ4v) is 1.65. The quantitative estimate of drug-likeness (QED) is 0.282. The Kier molecular flexibility index (Phi) is 6.79. The summed E-state index contributed by atoms with van der Waals surface area (Å²) in [6, 6.07) is 0. The summed E-state index contributed by atoms with van der Waals surface area (Å²) >= 11 is 0. The topological polar surface area (TPSA) is 101 Å². The van der Waals surface area contributed by atoms with Crippen LogP contribution in [-0.2, 0) is 19.0 Å². The molecule has 0 atom stereocenters. The van der Waals surface area contributed by atoms with Gasteiger partial charge in [0.15, 0.2) is 0 Å². The van der Waals surface area contributed by atoms with E-state index in [-0.39, 0.29) is 6.61 Å². The van der Waals surface area contributed by atoms with Gasteiger partial charge >= 0.3 is 0 Å². The standard InChI is InChI=1S/C11H23N3O4S/c1-10(2,13-14-12)6-8-17-11(3,4)7-9-18-19(5,15)16/h6-9H2,1-5H3. The summed E-state index contributed by atoms with van der Waals surface area (Å²) in [7, 11) is -3.41. The van der Waals surface area contributed by atoms with E-state index < -0.39 is 21.3 Å². The van der Waals surface area contributed by atoms with Crippen LogP contribution in [0.3, 0.4) is 0 Å². The summed E-state index contributed by atoms with van der Waals surface area (Å²) < 4.78 is 32.0. The van der Waals surface area contributed by atoms with Gasteiger partial charge in [-0.1, -0.05) is 19.0 Å². The molecule has 0 rings (SSSR count). The molecule has 0 heterocycles. The number of azide groups is 1. The first-order chi connectivity index (χ1) is 8.47. The zero-order valence-electron chi connectivity index (χ0n) is 12.2. The van der Waals surface area contributed by atoms with Crippen molar-refractivity contribution >= 4 is 10.1 Å². The van der Waals surface area contributed by atoms with E-state index in [1.54, 1.807) is 0 Å². The molecule has 0 aromatic heterocycles. The van der Waals surface area contributed by atoms with Crippen molar-refractivity contribution in [3.05, 3.63) is 10.4 Å². The minimum Gasteiger partial charge on any atom is -0.375 e. The van der Waals surface area contributed by atoms with Gasteiger partial charge in [-0.05, 0) is 25.8 Å². The minimum atomic E-state index is -3.41. The lowest BCUT2D eigenvalue weighted by Crippen LogP contribution is -2.29. The average molecular weight is 293 g/mol. The van der Waals surface area contributed by atoms with Crippen molar-refractivity contribution in [1.82, 2.24) is 0 Å². The summed E-state index contributed by atoms with van der Waals surface area (Å²) in [4.78, 5) is 2.78. The molecule has 0 N–H and O–H groups in total. The smallest absolute Gasteiger partial charge is 0.264 e. The number of hydrogen-bond acceptors (Lipinski definition) is 5. The Bertz CT molecular complexity index is 425. The Hall–Kier alpha value is -0.820. The number of rotatable bonds is 9. The molecule has 0 saturated heterocycles. The van der Waals surface area contributed by atoms with Gasteiger partial charge in [0.1, 0.15) is 0 Å². The molecule has 112 valence electrons. The fraction of sp³-hybridized carbons (Fsp3) is 1.00. The van der Waals surface area contributed by atoms with Crippen molar-refractivity contribution in [3.63, 3.8) is 0 Å². The van der Waals surface area contributed by atoms with E-state index in [9.17, 15) is 8.42 Å². The van der Waals surface area contributed by atoms with Crippen molar-refractivity contribution in [2.75, 3.05) is 19.5 Å². The highest BCUT2D eigenvalue weighted by Crippen LogP contribution is 2.19. The normalized spacial score (nSPS) is 13.1. The third-order valence-electron chi connectivity index (χ3n) is 2.52. The molecule has 0 aromatic carbocycles. The largest absolute Gasteiger partial charge is 0.375 e. The third-order valence-corrected chi connectivity index (χ3v) is 3.12. The minimum absolute atomic E-state index is 0.0889. The second-order valence-corrected chi connectivity index (χ2v) is 7.28. The van der Waals surface area contributed by atoms with Crippen molar-refractivity contribution < 1.29 is 17.3 Å². The highest BCUT2D eigenvalue weighted by molar-refractivity contribution is 7.85. The summed E-state index contributed by atoms with van der Waals surface area (Å²) in [6.07, 6.45) is 2.07. The van der Waals surface area contributed by atoms with Crippen LogP contribution in [0.25, 0.3) is 10.4 Å². The Morgan fingerprint density at radius 2 is 1.74 bits per heavy atom. The zero-order valence-corrected chi connectivity index (χ0v) is 13.0. The second kappa shape index (κ2) is 7.09. The molecule has 0 radical (unpaired) electrons. The van der Waals surface area contributed by atoms with Gasteiger partial charge in [0.2, 0.25) is 0 Å². The highest BCUT2D eigenvalue weighted by Gasteiger charge is 2.22. The van der Waals surface area contributed by atoms with E-state index in [2.05, 4.69) is 14.2 Å². The lowest BCUT2D eigenvalue weighted by atomic mass is 10.0. The summed E-state index contributed by atoms with van der Waals surface area (Å²) in [6.45, 7) is 7.90. The first-order valence-electron chi connectivity index (χ1n) is 6.02. The van der Waals surface area contributed by atoms with Crippen LogP contribution in [0, 0.1) is 0 Å². The molecule has 19 heavy (non-hydrogen) atoms. The zero-order chi connectivity index (χ0) is 15.2. The van der Waals surface area contributed by atoms with E-state index in [0.29, 0.717) is 19.4 Å². The van der Waals surface area contributed by atoms with E-state index >= 15 is 0 Å². The molecule has 0 aliphatic rings. The molecule has 0 saturated carbocycles. The maximum absolute atomic E-state index is 10.8. The first-order valence-corrected chi connectivity index (χ1v) is 7.84. The van der Waals surface area contributed by atoms with Gasteiger partial charge in [0, 0.05) is 23.5 Å². The molecular formula is C11H23N3O4S. The van der Waals surface area contributed by atoms with Gasteiger partial charge in [-0.3, -0.25) is 4.18 Å². The molecule has 7 nitrogen and oxygen atoms in total. The second-order valence-electron chi connectivity index (χ2n) is 5.64. The Balaban J connectivity index is 4.07. The predicted molar refractivity (Wildman–Crippen MR) is 73.3 cm³/mol. The fourth-order valence-electron chi connectivity index (χ4n) is 1.26. The molecule has 0 spiro atoms. The lowest BCUT2D eigenvalue weighted by Gasteiger charge is -2.27. The van der Waals surface area contributed by atoms with Crippen LogP contribution < -0.4 is 0 Å². The van der Waals surface area contributed by atoms with Crippen LogP contribution in [-0.4, -0.2) is 39.0 Å². The summed E-state index contributed by atoms with van der Waals surface area (Å²) in [5.74, 6) is 0. The van der Waals surface area contributed by atoms with Crippen LogP contribution in [0.5, 0.6) is 0 Å². The van der Waals surface area contributed by atoms with Gasteiger partial charge in [-0.25, -0.2) is 0 Å². The average Bonchev–Trinajstić information content (AvgIpc) is 2.13. The maximum Gasteiger partial charge on any atom is 0.264 e. The third kappa shape index (κ3) is 10.8. The number of ether oxygens (including phenoxy) is 1. The van der Waals surface area contributed by atoms with E-state index in [1.165, 1.54) is 0 Å². The van der Waals surface area contributed by atoms with Crippen LogP contribution >= 0.6 is 0 Å². The molecular weight excluding hydrogens is 270 g/mol. The molecule has 0 aromatic rings. The highest BCUT2D eigenvalue weighted by atomic mass is 32.2. The predicted octanol–water partition coefficient (Wildman–Crippen LogP) is 2.63. The monoisotopic (exact) mass is 293 g/mol. The molecule has 0 fully saturated rings. The summed E-state index contributed by atoms with van der Waals surface area (Å²) in [5, 5.41) is 3.67. The van der Waals surface area contributed by atoms with E-state index in [4.69, 9.17) is 10.3 Å². The molecule has 0 bridgehead atoms. The van der Waals surface area contributed by atoms with Crippen molar-refractivity contribution in [2.24, 2.45) is 5.11 Å². The van der Waals surface area contributed by atoms with Gasteiger partial charge in [-0.15, -0.1) is 0 Å². The molecule has 0 aliphatic carbocycles. The lowest BCUT2D eigenvalue weighted by molar-refractivity contribution is -0.0354. The van der Waals surface area contributed by atoms with Gasteiger partial charge in [0.05, 0.1) is 18.5 Å². The number of nitrogens with zero attached hydrogens (tertiary/aromatic N) is 3. The van der Waals surface area contributed by atoms with Crippen LogP contribution in [0.15, 0.2) is 5.11 Å². The van der Waals surface area contributed by atoms with Gasteiger partial charge in [-0.2, -0.15) is 8.42 Å². The Morgan fingerprint density at radius 3 is 2.21 bits per heavy atom. The van der Waals surface area contributed by atoms with Crippen LogP contribution in [0.1, 0.15) is 40.5 Å². The van der Waals surface area contributed by atoms with Crippen LogP contribution in [0.2, 0.25) is 0 Å². The molecule has 8 heteroatoms. The first kappa shape index (κ1) is 18.2. The molecule has 0 aliphatic heterocycles. The molecule has 0 amide bonds. The van der Waals surface area contributed by atoms with Crippen molar-refractivity contribution in [1.29, 1.82) is 0 Å². The Labute approximate surface area is 115 Å². The number of hydrogen-bond donors (Lipinski definition) is 0. The molecule has 0 unspecified atom stereocenters. The SMILES string of the molecule is CC(C)(CCOC(C)(C)CCOS(C)(=O)=O)N=[N+]=[N-]. The van der Waals surface area contributed by atoms with Gasteiger partial charge in [0.25, 0.3) is 10.1 Å². The summed E-state index contributed by atoms with van der Waals surface area (Å²) in [5.41, 5.74) is 7.42. The van der Waals surface area contributed by atoms with Crippen molar-refractivity contribution in [2.45, 2.75) is 51.7 Å². The van der Waals surface area contributed by atoms with Gasteiger partial charge < -0.3 is 4.74 Å². The van der Waals surface area contributed by atoms with E-state index in [1.807, 2.05) is 27.7 Å².